The number of fused-ring (bicyclic) bond motifs is 1. The Morgan fingerprint density at radius 2 is 1.96 bits per heavy atom. The van der Waals surface area contributed by atoms with E-state index in [-0.39, 0.29) is 25.1 Å². The van der Waals surface area contributed by atoms with Crippen molar-refractivity contribution in [1.82, 2.24) is 4.90 Å². The number of carbonyl (C=O) groups is 2. The van der Waals surface area contributed by atoms with Gasteiger partial charge in [0, 0.05) is 36.6 Å². The lowest BCUT2D eigenvalue weighted by molar-refractivity contribution is 0.0989. The van der Waals surface area contributed by atoms with E-state index in [0.29, 0.717) is 24.3 Å². The minimum absolute atomic E-state index is 0.0724. The van der Waals surface area contributed by atoms with Crippen LogP contribution in [0.1, 0.15) is 29.3 Å². The van der Waals surface area contributed by atoms with Crippen LogP contribution in [0.25, 0.3) is 0 Å². The monoisotopic (exact) mass is 367 g/mol. The van der Waals surface area contributed by atoms with Gasteiger partial charge in [0.25, 0.3) is 5.91 Å². The fourth-order valence-corrected chi connectivity index (χ4v) is 3.34. The van der Waals surface area contributed by atoms with Crippen molar-refractivity contribution < 1.29 is 14.7 Å². The fourth-order valence-electron chi connectivity index (χ4n) is 3.34. The first-order valence-corrected chi connectivity index (χ1v) is 9.30. The molecule has 1 heterocycles. The molecule has 0 atom stereocenters. The van der Waals surface area contributed by atoms with Gasteiger partial charge in [0.1, 0.15) is 0 Å². The van der Waals surface area contributed by atoms with Gasteiger partial charge in [-0.1, -0.05) is 31.2 Å². The highest BCUT2D eigenvalue weighted by Crippen LogP contribution is 2.29. The molecule has 0 fully saturated rings. The molecule has 2 aromatic rings. The van der Waals surface area contributed by atoms with Crippen molar-refractivity contribution in [2.24, 2.45) is 0 Å². The van der Waals surface area contributed by atoms with E-state index in [1.165, 1.54) is 5.56 Å². The molecule has 0 aromatic heterocycles. The van der Waals surface area contributed by atoms with Crippen LogP contribution in [0.3, 0.4) is 0 Å². The summed E-state index contributed by atoms with van der Waals surface area (Å²) in [5.74, 6) is -0.0724. The lowest BCUT2D eigenvalue weighted by Crippen LogP contribution is -2.37. The summed E-state index contributed by atoms with van der Waals surface area (Å²) in [5, 5.41) is 11.9. The molecule has 27 heavy (non-hydrogen) atoms. The van der Waals surface area contributed by atoms with Crippen LogP contribution in [0.2, 0.25) is 0 Å². The zero-order chi connectivity index (χ0) is 19.2. The molecule has 1 aliphatic rings. The fraction of sp³-hybridized carbons (Fsp3) is 0.333. The number of nitrogens with zero attached hydrogens (tertiary/aromatic N) is 2. The Bertz CT molecular complexity index is 816. The number of hydrogen-bond acceptors (Lipinski definition) is 3. The summed E-state index contributed by atoms with van der Waals surface area (Å²) in [6, 6.07) is 14.6. The Morgan fingerprint density at radius 3 is 2.74 bits per heavy atom. The van der Waals surface area contributed by atoms with Gasteiger partial charge in [-0.15, -0.1) is 0 Å². The van der Waals surface area contributed by atoms with Gasteiger partial charge < -0.3 is 20.2 Å². The molecule has 6 nitrogen and oxygen atoms in total. The van der Waals surface area contributed by atoms with Gasteiger partial charge in [-0.25, -0.2) is 4.79 Å². The van der Waals surface area contributed by atoms with E-state index >= 15 is 0 Å². The van der Waals surface area contributed by atoms with E-state index < -0.39 is 0 Å². The average Bonchev–Trinajstić information content (AvgIpc) is 3.11. The summed E-state index contributed by atoms with van der Waals surface area (Å²) in [4.78, 5) is 28.7. The minimum Gasteiger partial charge on any atom is -0.395 e. The molecule has 1 aliphatic heterocycles. The van der Waals surface area contributed by atoms with Crippen molar-refractivity contribution in [3.05, 3.63) is 59.7 Å². The first-order valence-electron chi connectivity index (χ1n) is 9.30. The van der Waals surface area contributed by atoms with Gasteiger partial charge in [-0.3, -0.25) is 4.79 Å². The third kappa shape index (κ3) is 4.28. The maximum absolute atomic E-state index is 13.0. The van der Waals surface area contributed by atoms with Gasteiger partial charge in [-0.2, -0.15) is 0 Å². The predicted molar refractivity (Wildman–Crippen MR) is 106 cm³/mol. The molecule has 6 heteroatoms. The van der Waals surface area contributed by atoms with Crippen molar-refractivity contribution in [2.45, 2.75) is 19.8 Å². The Morgan fingerprint density at radius 1 is 1.15 bits per heavy atom. The number of aliphatic hydroxyl groups is 1. The van der Waals surface area contributed by atoms with Crippen LogP contribution < -0.4 is 10.2 Å². The Hall–Kier alpha value is -2.86. The molecule has 2 N–H and O–H groups in total. The normalized spacial score (nSPS) is 12.6. The van der Waals surface area contributed by atoms with Gasteiger partial charge in [-0.05, 0) is 42.7 Å². The van der Waals surface area contributed by atoms with E-state index in [9.17, 15) is 9.59 Å². The zero-order valence-electron chi connectivity index (χ0n) is 15.5. The molecule has 0 spiro atoms. The van der Waals surface area contributed by atoms with E-state index in [2.05, 4.69) is 5.32 Å². The van der Waals surface area contributed by atoms with Gasteiger partial charge in [0.15, 0.2) is 0 Å². The molecular formula is C21H25N3O3. The smallest absolute Gasteiger partial charge is 0.321 e. The second-order valence-corrected chi connectivity index (χ2v) is 6.56. The Labute approximate surface area is 159 Å². The first-order chi connectivity index (χ1) is 13.1. The Balaban J connectivity index is 1.74. The molecule has 0 saturated heterocycles. The molecule has 3 amide bonds. The number of nitrogens with one attached hydrogen (secondary N) is 1. The van der Waals surface area contributed by atoms with Crippen molar-refractivity contribution >= 4 is 23.3 Å². The van der Waals surface area contributed by atoms with E-state index in [1.54, 1.807) is 34.1 Å². The number of amides is 3. The van der Waals surface area contributed by atoms with Crippen molar-refractivity contribution in [1.29, 1.82) is 0 Å². The second kappa shape index (κ2) is 8.68. The summed E-state index contributed by atoms with van der Waals surface area (Å²) in [7, 11) is 0. The standard InChI is InChI=1S/C21H25N3O3/c1-2-11-23(13-14-25)21(27)22-18-8-5-7-17(15-18)20(26)24-12-10-16-6-3-4-9-19(16)24/h3-9,15,25H,2,10-14H2,1H3,(H,22,27). The minimum atomic E-state index is -0.276. The van der Waals surface area contributed by atoms with Gasteiger partial charge in [0.2, 0.25) is 0 Å². The molecule has 3 rings (SSSR count). The van der Waals surface area contributed by atoms with Crippen LogP contribution in [-0.4, -0.2) is 48.2 Å². The van der Waals surface area contributed by atoms with E-state index in [0.717, 1.165) is 18.5 Å². The molecule has 2 aromatic carbocycles. The lowest BCUT2D eigenvalue weighted by atomic mass is 10.1. The van der Waals surface area contributed by atoms with Crippen molar-refractivity contribution in [3.63, 3.8) is 0 Å². The third-order valence-electron chi connectivity index (χ3n) is 4.64. The molecule has 0 aliphatic carbocycles. The number of anilines is 2. The van der Waals surface area contributed by atoms with Crippen LogP contribution in [-0.2, 0) is 6.42 Å². The van der Waals surface area contributed by atoms with Gasteiger partial charge in [0.05, 0.1) is 6.61 Å². The quantitative estimate of drug-likeness (QED) is 0.824. The van der Waals surface area contributed by atoms with E-state index in [1.807, 2.05) is 31.2 Å². The van der Waals surface area contributed by atoms with E-state index in [4.69, 9.17) is 5.11 Å². The predicted octanol–water partition coefficient (Wildman–Crippen LogP) is 3.13. The molecular weight excluding hydrogens is 342 g/mol. The number of benzene rings is 2. The summed E-state index contributed by atoms with van der Waals surface area (Å²) in [6.45, 7) is 3.40. The summed E-state index contributed by atoms with van der Waals surface area (Å²) < 4.78 is 0. The highest BCUT2D eigenvalue weighted by atomic mass is 16.3. The maximum Gasteiger partial charge on any atom is 0.321 e. The molecule has 0 unspecified atom stereocenters. The number of para-hydroxylation sites is 1. The SMILES string of the molecule is CCCN(CCO)C(=O)Nc1cccc(C(=O)N2CCc3ccccc32)c1. The average molecular weight is 367 g/mol. The molecule has 142 valence electrons. The first kappa shape index (κ1) is 18.9. The number of aliphatic hydroxyl groups excluding tert-OH is 1. The summed E-state index contributed by atoms with van der Waals surface area (Å²) in [5.41, 5.74) is 3.23. The number of urea groups is 1. The van der Waals surface area contributed by atoms with Crippen LogP contribution in [0, 0.1) is 0 Å². The van der Waals surface area contributed by atoms with Crippen LogP contribution >= 0.6 is 0 Å². The highest BCUT2D eigenvalue weighted by Gasteiger charge is 2.25. The largest absolute Gasteiger partial charge is 0.395 e. The number of hydrogen-bond donors (Lipinski definition) is 2. The van der Waals surface area contributed by atoms with Crippen LogP contribution in [0.15, 0.2) is 48.5 Å². The number of carbonyl (C=O) groups excluding carboxylic acids is 2. The second-order valence-electron chi connectivity index (χ2n) is 6.56. The number of rotatable bonds is 6. The highest BCUT2D eigenvalue weighted by molar-refractivity contribution is 6.08. The third-order valence-corrected chi connectivity index (χ3v) is 4.64. The maximum atomic E-state index is 13.0. The molecule has 0 saturated carbocycles. The Kier molecular flexibility index (Phi) is 6.08. The molecule has 0 radical (unpaired) electrons. The summed E-state index contributed by atoms with van der Waals surface area (Å²) >= 11 is 0. The molecule has 0 bridgehead atoms. The van der Waals surface area contributed by atoms with Gasteiger partial charge >= 0.3 is 6.03 Å². The zero-order valence-corrected chi connectivity index (χ0v) is 15.5. The van der Waals surface area contributed by atoms with Crippen molar-refractivity contribution in [3.8, 4) is 0 Å². The lowest BCUT2D eigenvalue weighted by Gasteiger charge is -2.22. The van der Waals surface area contributed by atoms with Crippen LogP contribution in [0.5, 0.6) is 0 Å². The topological polar surface area (TPSA) is 72.9 Å². The van der Waals surface area contributed by atoms with Crippen LogP contribution in [0.4, 0.5) is 16.2 Å². The van der Waals surface area contributed by atoms with Crippen molar-refractivity contribution in [2.75, 3.05) is 36.5 Å². The summed E-state index contributed by atoms with van der Waals surface area (Å²) in [6.07, 6.45) is 1.66.